The van der Waals surface area contributed by atoms with E-state index in [1.807, 2.05) is 12.1 Å². The van der Waals surface area contributed by atoms with Crippen LogP contribution in [0.4, 0.5) is 5.82 Å². The highest BCUT2D eigenvalue weighted by molar-refractivity contribution is 6.31. The van der Waals surface area contributed by atoms with Gasteiger partial charge in [-0.05, 0) is 68.9 Å². The maximum Gasteiger partial charge on any atom is 0.271 e. The zero-order valence-electron chi connectivity index (χ0n) is 35.7. The van der Waals surface area contributed by atoms with Crippen molar-refractivity contribution in [3.05, 3.63) is 76.2 Å². The summed E-state index contributed by atoms with van der Waals surface area (Å²) in [6, 6.07) is 12.7. The van der Waals surface area contributed by atoms with E-state index in [1.54, 1.807) is 41.6 Å². The summed E-state index contributed by atoms with van der Waals surface area (Å²) >= 11 is 6.25. The van der Waals surface area contributed by atoms with E-state index < -0.39 is 22.8 Å². The summed E-state index contributed by atoms with van der Waals surface area (Å²) in [6.45, 7) is 15.9. The van der Waals surface area contributed by atoms with Crippen molar-refractivity contribution in [3.63, 3.8) is 0 Å². The molecule has 8 rings (SSSR count). The van der Waals surface area contributed by atoms with Crippen LogP contribution in [0.25, 0.3) is 0 Å². The molecule has 2 saturated carbocycles. The number of piperidine rings is 2. The lowest BCUT2D eigenvalue weighted by Crippen LogP contribution is -2.74. The second kappa shape index (κ2) is 16.5. The number of hydrogen-bond donors (Lipinski definition) is 2. The Bertz CT molecular complexity index is 2230. The van der Waals surface area contributed by atoms with Gasteiger partial charge in [-0.1, -0.05) is 45.4 Å². The average Bonchev–Trinajstić information content (AvgIpc) is 3.54. The number of ether oxygens (including phenoxy) is 2. The molecule has 0 bridgehead atoms. The molecule has 0 unspecified atom stereocenters. The normalized spacial score (nSPS) is 25.6. The van der Waals surface area contributed by atoms with Gasteiger partial charge < -0.3 is 24.6 Å². The number of imide groups is 1. The first-order chi connectivity index (χ1) is 29.0. The summed E-state index contributed by atoms with van der Waals surface area (Å²) in [4.78, 5) is 66.5. The van der Waals surface area contributed by atoms with Crippen LogP contribution in [0.1, 0.15) is 112 Å². The van der Waals surface area contributed by atoms with Gasteiger partial charge in [0.05, 0.1) is 23.0 Å². The van der Waals surface area contributed by atoms with E-state index in [0.29, 0.717) is 58.6 Å². The molecule has 61 heavy (non-hydrogen) atoms. The molecule has 1 atom stereocenters. The Labute approximate surface area is 362 Å². The van der Waals surface area contributed by atoms with Crippen molar-refractivity contribution in [3.8, 4) is 17.6 Å². The summed E-state index contributed by atoms with van der Waals surface area (Å²) < 4.78 is 12.7. The van der Waals surface area contributed by atoms with Gasteiger partial charge in [0, 0.05) is 86.0 Å². The number of nitriles is 1. The van der Waals surface area contributed by atoms with Gasteiger partial charge in [-0.25, -0.2) is 9.97 Å². The van der Waals surface area contributed by atoms with E-state index in [1.165, 1.54) is 0 Å². The summed E-state index contributed by atoms with van der Waals surface area (Å²) in [5.41, 5.74) is 1.30. The van der Waals surface area contributed by atoms with Crippen LogP contribution in [0.15, 0.2) is 48.8 Å². The first kappa shape index (κ1) is 42.4. The van der Waals surface area contributed by atoms with Crippen molar-refractivity contribution >= 4 is 41.0 Å². The van der Waals surface area contributed by atoms with Crippen LogP contribution >= 0.6 is 11.6 Å². The van der Waals surface area contributed by atoms with Crippen molar-refractivity contribution in [2.75, 3.05) is 24.5 Å². The van der Waals surface area contributed by atoms with E-state index in [-0.39, 0.29) is 48.1 Å². The molecule has 3 aliphatic heterocycles. The molecule has 1 aromatic heterocycles. The Kier molecular flexibility index (Phi) is 11.5. The Hall–Kier alpha value is -5.26. The topological polar surface area (TPSA) is 170 Å². The number of carbonyl (C=O) groups is 4. The van der Waals surface area contributed by atoms with Gasteiger partial charge in [-0.3, -0.25) is 29.4 Å². The van der Waals surface area contributed by atoms with Crippen LogP contribution in [0, 0.1) is 28.1 Å². The van der Waals surface area contributed by atoms with Gasteiger partial charge >= 0.3 is 0 Å². The van der Waals surface area contributed by atoms with Crippen molar-refractivity contribution in [2.45, 2.75) is 123 Å². The van der Waals surface area contributed by atoms with Crippen LogP contribution in [-0.4, -0.2) is 99.4 Å². The van der Waals surface area contributed by atoms with Gasteiger partial charge in [-0.2, -0.15) is 5.26 Å². The molecule has 0 spiro atoms. The average molecular weight is 851 g/mol. The number of hydrogen-bond acceptors (Lipinski definition) is 11. The fourth-order valence-corrected chi connectivity index (χ4v) is 10.7. The fraction of sp³-hybridized carbons (Fsp3) is 0.543. The first-order valence-electron chi connectivity index (χ1n) is 21.5. The van der Waals surface area contributed by atoms with Crippen molar-refractivity contribution in [1.29, 1.82) is 5.26 Å². The Morgan fingerprint density at radius 3 is 2.34 bits per heavy atom. The second-order valence-electron chi connectivity index (χ2n) is 18.9. The Morgan fingerprint density at radius 1 is 1.00 bits per heavy atom. The molecule has 0 radical (unpaired) electrons. The van der Waals surface area contributed by atoms with Gasteiger partial charge in [0.25, 0.3) is 11.8 Å². The minimum Gasteiger partial charge on any atom is -0.490 e. The molecular formula is C46H55ClN8O6. The fourth-order valence-electron chi connectivity index (χ4n) is 10.5. The Morgan fingerprint density at radius 2 is 1.70 bits per heavy atom. The van der Waals surface area contributed by atoms with Crippen molar-refractivity contribution in [2.24, 2.45) is 16.7 Å². The quantitative estimate of drug-likeness (QED) is 0.208. The molecule has 322 valence electrons. The molecule has 2 aliphatic carbocycles. The van der Waals surface area contributed by atoms with E-state index in [2.05, 4.69) is 78.0 Å². The van der Waals surface area contributed by atoms with Crippen molar-refractivity contribution < 1.29 is 28.7 Å². The summed E-state index contributed by atoms with van der Waals surface area (Å²) in [6.07, 6.45) is 7.58. The zero-order chi connectivity index (χ0) is 43.4. The van der Waals surface area contributed by atoms with Gasteiger partial charge in [0.15, 0.2) is 0 Å². The standard InChI is InChI=1S/C46H55ClN8O6/c1-26(2)54(30-17-33(18-30)60-31-10-8-29-25-55(42(59)34(29)19-31)37-11-12-39(56)51-41(37)58)24-27-13-15-53(16-14-27)38-23-49-36(22-50-38)40(57)52-43-45(3,4)44(46(43,5)6)61-32-9-7-28(21-48)35(47)20-32/h7-10,19-20,22-23,26-27,30,33,37,43-44H,11-18,24-25H2,1-6H3,(H,52,57)(H,51,56,58)/t30?,33?,37-,43?,44?/m1/s1. The molecule has 2 aromatic carbocycles. The largest absolute Gasteiger partial charge is 0.490 e. The number of amides is 4. The van der Waals surface area contributed by atoms with Gasteiger partial charge in [-0.15, -0.1) is 0 Å². The minimum absolute atomic E-state index is 0.0651. The second-order valence-corrected chi connectivity index (χ2v) is 19.3. The number of nitrogens with zero attached hydrogens (tertiary/aromatic N) is 6. The highest BCUT2D eigenvalue weighted by atomic mass is 35.5. The predicted molar refractivity (Wildman–Crippen MR) is 228 cm³/mol. The monoisotopic (exact) mass is 850 g/mol. The van der Waals surface area contributed by atoms with Crippen LogP contribution < -0.4 is 25.0 Å². The highest BCUT2D eigenvalue weighted by Crippen LogP contribution is 2.55. The number of aromatic nitrogens is 2. The third-order valence-corrected chi connectivity index (χ3v) is 14.0. The first-order valence-corrected chi connectivity index (χ1v) is 21.9. The highest BCUT2D eigenvalue weighted by Gasteiger charge is 2.64. The lowest BCUT2D eigenvalue weighted by atomic mass is 9.49. The number of benzene rings is 2. The number of carbonyl (C=O) groups excluding carboxylic acids is 4. The lowest BCUT2D eigenvalue weighted by molar-refractivity contribution is -0.164. The lowest BCUT2D eigenvalue weighted by Gasteiger charge is -2.63. The van der Waals surface area contributed by atoms with Crippen LogP contribution in [-0.2, 0) is 16.1 Å². The van der Waals surface area contributed by atoms with Crippen LogP contribution in [0.3, 0.4) is 0 Å². The van der Waals surface area contributed by atoms with E-state index >= 15 is 0 Å². The molecular weight excluding hydrogens is 796 g/mol. The number of nitrogens with one attached hydrogen (secondary N) is 2. The Balaban J connectivity index is 0.788. The molecule has 15 heteroatoms. The SMILES string of the molecule is CC(C)N(CC1CCN(c2cnc(C(=O)NC3C(C)(C)C(Oc4ccc(C#N)c(Cl)c4)C3(C)C)cn2)CC1)C1CC(Oc2ccc3c(c2)C(=O)N([C@@H]2CCC(=O)NC2=O)C3)C1. The molecule has 5 aliphatic rings. The summed E-state index contributed by atoms with van der Waals surface area (Å²) in [7, 11) is 0. The summed E-state index contributed by atoms with van der Waals surface area (Å²) in [5.74, 6) is 1.38. The molecule has 2 N–H and O–H groups in total. The number of anilines is 1. The van der Waals surface area contributed by atoms with Crippen molar-refractivity contribution in [1.82, 2.24) is 30.4 Å². The summed E-state index contributed by atoms with van der Waals surface area (Å²) in [5, 5.41) is 15.1. The smallest absolute Gasteiger partial charge is 0.271 e. The molecule has 2 saturated heterocycles. The zero-order valence-corrected chi connectivity index (χ0v) is 36.5. The van der Waals surface area contributed by atoms with E-state index in [0.717, 1.165) is 56.7 Å². The minimum atomic E-state index is -0.635. The van der Waals surface area contributed by atoms with E-state index in [4.69, 9.17) is 21.1 Å². The maximum absolute atomic E-state index is 13.5. The third-order valence-electron chi connectivity index (χ3n) is 13.7. The third kappa shape index (κ3) is 8.26. The van der Waals surface area contributed by atoms with E-state index in [9.17, 15) is 24.4 Å². The number of rotatable bonds is 12. The van der Waals surface area contributed by atoms with Crippen LogP contribution in [0.2, 0.25) is 5.02 Å². The number of halogens is 1. The van der Waals surface area contributed by atoms with Gasteiger partial charge in [0.2, 0.25) is 11.8 Å². The molecule has 4 heterocycles. The van der Waals surface area contributed by atoms with Crippen LogP contribution in [0.5, 0.6) is 11.5 Å². The predicted octanol–water partition coefficient (Wildman–Crippen LogP) is 5.91. The molecule has 4 fully saturated rings. The maximum atomic E-state index is 13.5. The molecule has 4 amide bonds. The van der Waals surface area contributed by atoms with Gasteiger partial charge in [0.1, 0.15) is 47.3 Å². The molecule has 3 aromatic rings. The number of fused-ring (bicyclic) bond motifs is 1. The molecule has 14 nitrogen and oxygen atoms in total.